The number of nitrogens with zero attached hydrogens (tertiary/aromatic N) is 4. The first-order valence-corrected chi connectivity index (χ1v) is 7.78. The zero-order valence-electron chi connectivity index (χ0n) is 13.7. The van der Waals surface area contributed by atoms with Gasteiger partial charge in [0.1, 0.15) is 0 Å². The zero-order chi connectivity index (χ0) is 16.9. The molecule has 0 atom stereocenters. The lowest BCUT2D eigenvalue weighted by molar-refractivity contribution is -0.118. The standard InChI is InChI=1S/C18H19N5O/c1-13-9-20-18(21-10-13)15-3-5-17(6-4-15)23-11-16(22-12-23)7-8-19-14(2)24/h3-6,9-12H,7-8H2,1-2H3,(H,19,24). The lowest BCUT2D eigenvalue weighted by Crippen LogP contribution is -2.22. The Kier molecular flexibility index (Phi) is 4.65. The van der Waals surface area contributed by atoms with E-state index < -0.39 is 0 Å². The quantitative estimate of drug-likeness (QED) is 0.783. The number of hydrogen-bond donors (Lipinski definition) is 1. The molecule has 3 rings (SSSR count). The van der Waals surface area contributed by atoms with Gasteiger partial charge in [-0.1, -0.05) is 0 Å². The highest BCUT2D eigenvalue weighted by Crippen LogP contribution is 2.17. The summed E-state index contributed by atoms with van der Waals surface area (Å²) in [5.74, 6) is 0.692. The van der Waals surface area contributed by atoms with Gasteiger partial charge in [-0.25, -0.2) is 15.0 Å². The summed E-state index contributed by atoms with van der Waals surface area (Å²) in [6, 6.07) is 8.02. The summed E-state index contributed by atoms with van der Waals surface area (Å²) in [4.78, 5) is 23.9. The summed E-state index contributed by atoms with van der Waals surface area (Å²) in [6.45, 7) is 4.07. The molecule has 6 heteroatoms. The summed E-state index contributed by atoms with van der Waals surface area (Å²) in [6.07, 6.45) is 8.09. The number of hydrogen-bond acceptors (Lipinski definition) is 4. The molecule has 0 aliphatic heterocycles. The Morgan fingerprint density at radius 2 is 1.83 bits per heavy atom. The van der Waals surface area contributed by atoms with Crippen molar-refractivity contribution in [3.8, 4) is 17.1 Å². The summed E-state index contributed by atoms with van der Waals surface area (Å²) in [5, 5.41) is 2.77. The van der Waals surface area contributed by atoms with Crippen LogP contribution in [0.1, 0.15) is 18.2 Å². The second-order valence-electron chi connectivity index (χ2n) is 5.64. The van der Waals surface area contributed by atoms with Crippen LogP contribution in [-0.2, 0) is 11.2 Å². The van der Waals surface area contributed by atoms with E-state index in [1.165, 1.54) is 6.92 Å². The first kappa shape index (κ1) is 15.9. The molecule has 0 radical (unpaired) electrons. The van der Waals surface area contributed by atoms with E-state index in [0.717, 1.165) is 22.5 Å². The van der Waals surface area contributed by atoms with E-state index in [1.54, 1.807) is 6.33 Å². The van der Waals surface area contributed by atoms with E-state index in [-0.39, 0.29) is 5.91 Å². The van der Waals surface area contributed by atoms with E-state index in [2.05, 4.69) is 20.3 Å². The maximum Gasteiger partial charge on any atom is 0.216 e. The SMILES string of the molecule is CC(=O)NCCc1cn(-c2ccc(-c3ncc(C)cn3)cc2)cn1. The predicted molar refractivity (Wildman–Crippen MR) is 91.7 cm³/mol. The van der Waals surface area contributed by atoms with Crippen molar-refractivity contribution < 1.29 is 4.79 Å². The summed E-state index contributed by atoms with van der Waals surface area (Å²) >= 11 is 0. The van der Waals surface area contributed by atoms with E-state index in [4.69, 9.17) is 0 Å². The van der Waals surface area contributed by atoms with Crippen molar-refractivity contribution in [3.63, 3.8) is 0 Å². The predicted octanol–water partition coefficient (Wildman–Crippen LogP) is 2.32. The molecule has 0 saturated carbocycles. The van der Waals surface area contributed by atoms with Crippen LogP contribution >= 0.6 is 0 Å². The van der Waals surface area contributed by atoms with Gasteiger partial charge in [-0.3, -0.25) is 4.79 Å². The van der Waals surface area contributed by atoms with Gasteiger partial charge in [0.05, 0.1) is 12.0 Å². The van der Waals surface area contributed by atoms with Crippen LogP contribution in [0.15, 0.2) is 49.2 Å². The Bertz CT molecular complexity index is 821. The molecule has 0 aliphatic rings. The Morgan fingerprint density at radius 3 is 2.50 bits per heavy atom. The third kappa shape index (κ3) is 3.84. The van der Waals surface area contributed by atoms with Crippen molar-refractivity contribution >= 4 is 5.91 Å². The number of imidazole rings is 1. The highest BCUT2D eigenvalue weighted by atomic mass is 16.1. The first-order valence-electron chi connectivity index (χ1n) is 7.78. The van der Waals surface area contributed by atoms with Crippen molar-refractivity contribution in [3.05, 3.63) is 60.4 Å². The van der Waals surface area contributed by atoms with Gasteiger partial charge in [-0.15, -0.1) is 0 Å². The number of nitrogens with one attached hydrogen (secondary N) is 1. The van der Waals surface area contributed by atoms with Crippen LogP contribution in [0.4, 0.5) is 0 Å². The minimum atomic E-state index is -0.0247. The van der Waals surface area contributed by atoms with E-state index in [0.29, 0.717) is 18.8 Å². The number of carbonyl (C=O) groups excluding carboxylic acids is 1. The molecule has 0 fully saturated rings. The van der Waals surface area contributed by atoms with Crippen LogP contribution in [-0.4, -0.2) is 32.0 Å². The molecule has 1 aromatic carbocycles. The topological polar surface area (TPSA) is 72.7 Å². The van der Waals surface area contributed by atoms with Crippen LogP contribution in [0, 0.1) is 6.92 Å². The number of benzene rings is 1. The van der Waals surface area contributed by atoms with E-state index >= 15 is 0 Å². The minimum absolute atomic E-state index is 0.0247. The van der Waals surface area contributed by atoms with Gasteiger partial charge in [0.25, 0.3) is 0 Å². The molecule has 3 aromatic rings. The van der Waals surface area contributed by atoms with Crippen molar-refractivity contribution in [2.75, 3.05) is 6.54 Å². The van der Waals surface area contributed by atoms with Gasteiger partial charge in [0.15, 0.2) is 5.82 Å². The largest absolute Gasteiger partial charge is 0.356 e. The molecule has 0 spiro atoms. The number of aromatic nitrogens is 4. The Labute approximate surface area is 140 Å². The number of rotatable bonds is 5. The molecule has 2 aromatic heterocycles. The second-order valence-corrected chi connectivity index (χ2v) is 5.64. The lowest BCUT2D eigenvalue weighted by Gasteiger charge is -2.04. The van der Waals surface area contributed by atoms with Crippen molar-refractivity contribution in [1.29, 1.82) is 0 Å². The fourth-order valence-electron chi connectivity index (χ4n) is 2.32. The molecule has 0 saturated heterocycles. The van der Waals surface area contributed by atoms with Crippen LogP contribution < -0.4 is 5.32 Å². The molecule has 0 aliphatic carbocycles. The molecule has 1 N–H and O–H groups in total. The highest BCUT2D eigenvalue weighted by molar-refractivity contribution is 5.72. The fourth-order valence-corrected chi connectivity index (χ4v) is 2.32. The van der Waals surface area contributed by atoms with E-state index in [9.17, 15) is 4.79 Å². The molecular formula is C18H19N5O. The normalized spacial score (nSPS) is 10.6. The highest BCUT2D eigenvalue weighted by Gasteiger charge is 2.04. The average molecular weight is 321 g/mol. The maximum absolute atomic E-state index is 10.9. The Morgan fingerprint density at radius 1 is 1.12 bits per heavy atom. The average Bonchev–Trinajstić information content (AvgIpc) is 3.04. The molecule has 0 unspecified atom stereocenters. The van der Waals surface area contributed by atoms with Gasteiger partial charge < -0.3 is 9.88 Å². The Balaban J connectivity index is 1.70. The molecular weight excluding hydrogens is 302 g/mol. The lowest BCUT2D eigenvalue weighted by atomic mass is 10.2. The minimum Gasteiger partial charge on any atom is -0.356 e. The van der Waals surface area contributed by atoms with Crippen LogP contribution in [0.3, 0.4) is 0 Å². The molecule has 24 heavy (non-hydrogen) atoms. The molecule has 6 nitrogen and oxygen atoms in total. The summed E-state index contributed by atoms with van der Waals surface area (Å²) in [5.41, 5.74) is 3.98. The van der Waals surface area contributed by atoms with Crippen molar-refractivity contribution in [1.82, 2.24) is 24.8 Å². The van der Waals surface area contributed by atoms with E-state index in [1.807, 2.05) is 54.3 Å². The number of carbonyl (C=O) groups is 1. The van der Waals surface area contributed by atoms with Crippen LogP contribution in [0.2, 0.25) is 0 Å². The van der Waals surface area contributed by atoms with Crippen molar-refractivity contribution in [2.45, 2.75) is 20.3 Å². The fraction of sp³-hybridized carbons (Fsp3) is 0.222. The zero-order valence-corrected chi connectivity index (χ0v) is 13.7. The van der Waals surface area contributed by atoms with Gasteiger partial charge in [-0.05, 0) is 36.8 Å². The first-order chi connectivity index (χ1) is 11.6. The Hall–Kier alpha value is -3.02. The smallest absolute Gasteiger partial charge is 0.216 e. The number of amides is 1. The third-order valence-corrected chi connectivity index (χ3v) is 3.60. The third-order valence-electron chi connectivity index (χ3n) is 3.60. The summed E-state index contributed by atoms with van der Waals surface area (Å²) < 4.78 is 1.96. The number of aryl methyl sites for hydroxylation is 1. The molecule has 2 heterocycles. The molecule has 0 bridgehead atoms. The van der Waals surface area contributed by atoms with Crippen LogP contribution in [0.25, 0.3) is 17.1 Å². The molecule has 122 valence electrons. The monoisotopic (exact) mass is 321 g/mol. The van der Waals surface area contributed by atoms with Gasteiger partial charge in [0.2, 0.25) is 5.91 Å². The van der Waals surface area contributed by atoms with Gasteiger partial charge >= 0.3 is 0 Å². The second kappa shape index (κ2) is 7.04. The van der Waals surface area contributed by atoms with Gasteiger partial charge in [-0.2, -0.15) is 0 Å². The summed E-state index contributed by atoms with van der Waals surface area (Å²) in [7, 11) is 0. The molecule has 1 amide bonds. The maximum atomic E-state index is 10.9. The van der Waals surface area contributed by atoms with Crippen molar-refractivity contribution in [2.24, 2.45) is 0 Å². The van der Waals surface area contributed by atoms with Gasteiger partial charge in [0, 0.05) is 49.7 Å². The van der Waals surface area contributed by atoms with Crippen LogP contribution in [0.5, 0.6) is 0 Å².